The molecule has 1 amide bonds. The van der Waals surface area contributed by atoms with Crippen LogP contribution in [0.5, 0.6) is 5.75 Å². The highest BCUT2D eigenvalue weighted by Gasteiger charge is 2.20. The summed E-state index contributed by atoms with van der Waals surface area (Å²) in [5.41, 5.74) is 2.88. The van der Waals surface area contributed by atoms with E-state index in [1.165, 1.54) is 5.56 Å². The summed E-state index contributed by atoms with van der Waals surface area (Å²) in [4.78, 5) is 12.6. The van der Waals surface area contributed by atoms with E-state index in [1.807, 2.05) is 50.2 Å². The Bertz CT molecular complexity index is 733. The topological polar surface area (TPSA) is 38.3 Å². The number of hydrogen-bond donors (Lipinski definition) is 1. The van der Waals surface area contributed by atoms with Crippen molar-refractivity contribution < 1.29 is 9.53 Å². The number of carbonyl (C=O) groups is 1. The Hall–Kier alpha value is -2.00. The van der Waals surface area contributed by atoms with Gasteiger partial charge in [-0.2, -0.15) is 0 Å². The van der Waals surface area contributed by atoms with Gasteiger partial charge in [0.15, 0.2) is 6.10 Å². The maximum Gasteiger partial charge on any atom is 0.265 e. The molecule has 0 aliphatic heterocycles. The minimum Gasteiger partial charge on any atom is -0.481 e. The van der Waals surface area contributed by atoms with E-state index in [-0.39, 0.29) is 11.3 Å². The number of nitrogens with one attached hydrogen (secondary N) is 1. The zero-order valence-corrected chi connectivity index (χ0v) is 16.3. The summed E-state index contributed by atoms with van der Waals surface area (Å²) in [6.07, 6.45) is 0.0193. The summed E-state index contributed by atoms with van der Waals surface area (Å²) in [5, 5.41) is 3.54. The minimum atomic E-state index is -0.557. The molecule has 0 aromatic heterocycles. The number of amides is 1. The highest BCUT2D eigenvalue weighted by Crippen LogP contribution is 2.26. The third-order valence-corrected chi connectivity index (χ3v) is 4.60. The fraction of sp³-hybridized carbons (Fsp3) is 0.381. The molecule has 0 spiro atoms. The van der Waals surface area contributed by atoms with E-state index in [4.69, 9.17) is 16.3 Å². The third-order valence-electron chi connectivity index (χ3n) is 4.19. The van der Waals surface area contributed by atoms with Crippen LogP contribution in [0.15, 0.2) is 42.5 Å². The van der Waals surface area contributed by atoms with Gasteiger partial charge in [0.1, 0.15) is 5.75 Å². The van der Waals surface area contributed by atoms with Gasteiger partial charge in [0.05, 0.1) is 0 Å². The second-order valence-electron chi connectivity index (χ2n) is 7.19. The highest BCUT2D eigenvalue weighted by atomic mass is 35.5. The molecule has 0 heterocycles. The van der Waals surface area contributed by atoms with E-state index in [1.54, 1.807) is 6.07 Å². The first kappa shape index (κ1) is 19.3. The molecule has 2 aromatic rings. The minimum absolute atomic E-state index is 0.0875. The van der Waals surface area contributed by atoms with Gasteiger partial charge in [0.25, 0.3) is 5.91 Å². The van der Waals surface area contributed by atoms with Crippen molar-refractivity contribution in [3.8, 4) is 5.75 Å². The Kier molecular flexibility index (Phi) is 6.12. The number of rotatable bonds is 5. The van der Waals surface area contributed by atoms with Gasteiger partial charge in [-0.25, -0.2) is 0 Å². The van der Waals surface area contributed by atoms with Crippen molar-refractivity contribution in [2.45, 2.75) is 52.6 Å². The molecule has 0 radical (unpaired) electrons. The molecule has 1 atom stereocenters. The Morgan fingerprint density at radius 2 is 1.80 bits per heavy atom. The SMILES string of the molecule is CC[C@H](Oc1ccc(C(C)(C)C)cc1)C(=O)Nc1cccc(Cl)c1C. The molecule has 134 valence electrons. The van der Waals surface area contributed by atoms with Gasteiger partial charge in [0, 0.05) is 10.7 Å². The van der Waals surface area contributed by atoms with Crippen LogP contribution in [0.25, 0.3) is 0 Å². The van der Waals surface area contributed by atoms with E-state index < -0.39 is 6.10 Å². The van der Waals surface area contributed by atoms with Crippen molar-refractivity contribution in [1.29, 1.82) is 0 Å². The van der Waals surface area contributed by atoms with E-state index in [9.17, 15) is 4.79 Å². The second kappa shape index (κ2) is 7.92. The first-order valence-electron chi connectivity index (χ1n) is 8.55. The Labute approximate surface area is 155 Å². The largest absolute Gasteiger partial charge is 0.481 e. The van der Waals surface area contributed by atoms with Crippen molar-refractivity contribution in [2.24, 2.45) is 0 Å². The summed E-state index contributed by atoms with van der Waals surface area (Å²) in [7, 11) is 0. The molecule has 2 rings (SSSR count). The smallest absolute Gasteiger partial charge is 0.265 e. The van der Waals surface area contributed by atoms with Crippen LogP contribution in [0.2, 0.25) is 5.02 Å². The normalized spacial score (nSPS) is 12.6. The molecule has 2 aromatic carbocycles. The molecule has 0 fully saturated rings. The molecule has 0 unspecified atom stereocenters. The number of ether oxygens (including phenoxy) is 1. The number of hydrogen-bond acceptors (Lipinski definition) is 2. The van der Waals surface area contributed by atoms with E-state index in [2.05, 4.69) is 26.1 Å². The zero-order valence-electron chi connectivity index (χ0n) is 15.5. The number of benzene rings is 2. The average molecular weight is 360 g/mol. The van der Waals surface area contributed by atoms with E-state index in [0.717, 1.165) is 5.56 Å². The van der Waals surface area contributed by atoms with Gasteiger partial charge in [-0.3, -0.25) is 4.79 Å². The van der Waals surface area contributed by atoms with Gasteiger partial charge in [-0.1, -0.05) is 57.5 Å². The molecule has 0 saturated heterocycles. The monoisotopic (exact) mass is 359 g/mol. The summed E-state index contributed by atoms with van der Waals surface area (Å²) in [5.74, 6) is 0.519. The predicted molar refractivity (Wildman–Crippen MR) is 105 cm³/mol. The molecule has 0 aliphatic rings. The lowest BCUT2D eigenvalue weighted by Crippen LogP contribution is -2.32. The Morgan fingerprint density at radius 1 is 1.16 bits per heavy atom. The molecule has 4 heteroatoms. The quantitative estimate of drug-likeness (QED) is 0.738. The second-order valence-corrected chi connectivity index (χ2v) is 7.60. The van der Waals surface area contributed by atoms with Crippen LogP contribution < -0.4 is 10.1 Å². The summed E-state index contributed by atoms with van der Waals surface area (Å²) >= 11 is 6.11. The molecule has 1 N–H and O–H groups in total. The predicted octanol–water partition coefficient (Wildman–Crippen LogP) is 5.74. The van der Waals surface area contributed by atoms with Gasteiger partial charge in [0.2, 0.25) is 0 Å². The van der Waals surface area contributed by atoms with E-state index in [0.29, 0.717) is 22.9 Å². The van der Waals surface area contributed by atoms with Crippen LogP contribution in [0.3, 0.4) is 0 Å². The highest BCUT2D eigenvalue weighted by molar-refractivity contribution is 6.31. The lowest BCUT2D eigenvalue weighted by Gasteiger charge is -2.21. The van der Waals surface area contributed by atoms with Crippen molar-refractivity contribution in [3.05, 3.63) is 58.6 Å². The van der Waals surface area contributed by atoms with Crippen molar-refractivity contribution in [1.82, 2.24) is 0 Å². The number of anilines is 1. The first-order chi connectivity index (χ1) is 11.7. The molecule has 0 bridgehead atoms. The maximum atomic E-state index is 12.6. The van der Waals surface area contributed by atoms with Crippen LogP contribution >= 0.6 is 11.6 Å². The van der Waals surface area contributed by atoms with Crippen molar-refractivity contribution >= 4 is 23.2 Å². The van der Waals surface area contributed by atoms with Gasteiger partial charge in [-0.05, 0) is 54.2 Å². The van der Waals surface area contributed by atoms with Crippen molar-refractivity contribution in [2.75, 3.05) is 5.32 Å². The number of carbonyl (C=O) groups excluding carboxylic acids is 1. The fourth-order valence-electron chi connectivity index (χ4n) is 2.48. The third kappa shape index (κ3) is 4.99. The molecular weight excluding hydrogens is 334 g/mol. The maximum absolute atomic E-state index is 12.6. The molecule has 3 nitrogen and oxygen atoms in total. The zero-order chi connectivity index (χ0) is 18.6. The molecule has 25 heavy (non-hydrogen) atoms. The van der Waals surface area contributed by atoms with Crippen LogP contribution in [-0.4, -0.2) is 12.0 Å². The molecule has 0 aliphatic carbocycles. The lowest BCUT2D eigenvalue weighted by molar-refractivity contribution is -0.122. The van der Waals surface area contributed by atoms with Gasteiger partial charge < -0.3 is 10.1 Å². The summed E-state index contributed by atoms with van der Waals surface area (Å²) in [6, 6.07) is 13.4. The lowest BCUT2D eigenvalue weighted by atomic mass is 9.87. The average Bonchev–Trinajstić information content (AvgIpc) is 2.56. The molecule has 0 saturated carbocycles. The first-order valence-corrected chi connectivity index (χ1v) is 8.93. The van der Waals surface area contributed by atoms with Crippen molar-refractivity contribution in [3.63, 3.8) is 0 Å². The standard InChI is InChI=1S/C21H26ClNO2/c1-6-19(20(24)23-18-9-7-8-17(22)14(18)2)25-16-12-10-15(11-13-16)21(3,4)5/h7-13,19H,6H2,1-5H3,(H,23,24)/t19-/m0/s1. The van der Waals surface area contributed by atoms with Crippen LogP contribution in [0.1, 0.15) is 45.2 Å². The van der Waals surface area contributed by atoms with Gasteiger partial charge >= 0.3 is 0 Å². The summed E-state index contributed by atoms with van der Waals surface area (Å²) in [6.45, 7) is 10.3. The van der Waals surface area contributed by atoms with Crippen LogP contribution in [0.4, 0.5) is 5.69 Å². The fourth-order valence-corrected chi connectivity index (χ4v) is 2.65. The number of halogens is 1. The van der Waals surface area contributed by atoms with E-state index >= 15 is 0 Å². The van der Waals surface area contributed by atoms with Crippen LogP contribution in [0, 0.1) is 6.92 Å². The molecular formula is C21H26ClNO2. The van der Waals surface area contributed by atoms with Crippen LogP contribution in [-0.2, 0) is 10.2 Å². The Balaban J connectivity index is 2.09. The summed E-state index contributed by atoms with van der Waals surface area (Å²) < 4.78 is 5.89. The van der Waals surface area contributed by atoms with Gasteiger partial charge in [-0.15, -0.1) is 0 Å². The Morgan fingerprint density at radius 3 is 2.36 bits per heavy atom.